The number of para-hydroxylation sites is 1. The predicted molar refractivity (Wildman–Crippen MR) is 102 cm³/mol. The topological polar surface area (TPSA) is 42.4 Å². The van der Waals surface area contributed by atoms with Crippen molar-refractivity contribution in [2.24, 2.45) is 11.8 Å². The van der Waals surface area contributed by atoms with Crippen molar-refractivity contribution >= 4 is 38.3 Å². The minimum atomic E-state index is 0.0959. The molecule has 0 bridgehead atoms. The molecule has 1 saturated carbocycles. The molecule has 4 nitrogen and oxygen atoms in total. The summed E-state index contributed by atoms with van der Waals surface area (Å²) in [7, 11) is 0. The Balaban J connectivity index is 1.74. The normalized spacial score (nSPS) is 19.0. The zero-order valence-electron chi connectivity index (χ0n) is 14.3. The van der Waals surface area contributed by atoms with Crippen LogP contribution in [0.4, 0.5) is 10.8 Å². The van der Waals surface area contributed by atoms with Gasteiger partial charge in [-0.25, -0.2) is 4.98 Å². The molecule has 3 aromatic rings. The number of rotatable bonds is 5. The number of ether oxygens (including phenoxy) is 1. The van der Waals surface area contributed by atoms with E-state index in [2.05, 4.69) is 6.92 Å². The number of hydrogen-bond acceptors (Lipinski definition) is 4. The molecule has 0 N–H and O–H groups in total. The van der Waals surface area contributed by atoms with Gasteiger partial charge in [-0.1, -0.05) is 30.4 Å². The Hall–Kier alpha value is -2.40. The van der Waals surface area contributed by atoms with Crippen LogP contribution in [0, 0.1) is 11.8 Å². The van der Waals surface area contributed by atoms with Crippen LogP contribution in [0.25, 0.3) is 10.2 Å². The second-order valence-corrected chi connectivity index (χ2v) is 7.39. The van der Waals surface area contributed by atoms with Crippen molar-refractivity contribution in [2.75, 3.05) is 11.5 Å². The molecule has 0 saturated heterocycles. The molecule has 1 heterocycles. The summed E-state index contributed by atoms with van der Waals surface area (Å²) in [5, 5.41) is 0.731. The Labute approximate surface area is 151 Å². The van der Waals surface area contributed by atoms with E-state index in [-0.39, 0.29) is 11.8 Å². The van der Waals surface area contributed by atoms with Gasteiger partial charge in [-0.2, -0.15) is 0 Å². The number of aromatic nitrogens is 1. The standard InChI is InChI=1S/C20H20N2O2S/c1-3-24-15-10-8-14(9-11-15)22(19(23)16-12-13(16)2)20-21-17-6-4-5-7-18(17)25-20/h4-11,13,16H,3,12H2,1-2H3. The lowest BCUT2D eigenvalue weighted by molar-refractivity contribution is -0.119. The first kappa shape index (κ1) is 16.1. The van der Waals surface area contributed by atoms with Gasteiger partial charge < -0.3 is 4.74 Å². The van der Waals surface area contributed by atoms with Crippen LogP contribution in [-0.2, 0) is 4.79 Å². The lowest BCUT2D eigenvalue weighted by Crippen LogP contribution is -2.27. The lowest BCUT2D eigenvalue weighted by Gasteiger charge is -2.20. The van der Waals surface area contributed by atoms with E-state index in [1.54, 1.807) is 16.2 Å². The highest BCUT2D eigenvalue weighted by atomic mass is 32.1. The van der Waals surface area contributed by atoms with E-state index in [4.69, 9.17) is 9.72 Å². The van der Waals surface area contributed by atoms with E-state index in [1.165, 1.54) is 0 Å². The van der Waals surface area contributed by atoms with Crippen LogP contribution in [-0.4, -0.2) is 17.5 Å². The van der Waals surface area contributed by atoms with Gasteiger partial charge in [0.1, 0.15) is 5.75 Å². The van der Waals surface area contributed by atoms with Gasteiger partial charge in [-0.3, -0.25) is 9.69 Å². The smallest absolute Gasteiger partial charge is 0.236 e. The molecule has 0 aliphatic heterocycles. The summed E-state index contributed by atoms with van der Waals surface area (Å²) >= 11 is 1.55. The Kier molecular flexibility index (Phi) is 4.17. The largest absolute Gasteiger partial charge is 0.494 e. The SMILES string of the molecule is CCOc1ccc(N(C(=O)C2CC2C)c2nc3ccccc3s2)cc1. The first-order valence-electron chi connectivity index (χ1n) is 8.59. The molecule has 4 rings (SSSR count). The summed E-state index contributed by atoms with van der Waals surface area (Å²) < 4.78 is 6.60. The molecule has 1 aliphatic carbocycles. The second kappa shape index (κ2) is 6.48. The number of carbonyl (C=O) groups is 1. The first-order chi connectivity index (χ1) is 12.2. The summed E-state index contributed by atoms with van der Waals surface area (Å²) in [4.78, 5) is 19.5. The van der Waals surface area contributed by atoms with E-state index in [0.717, 1.165) is 33.2 Å². The molecule has 2 unspecified atom stereocenters. The Morgan fingerprint density at radius 3 is 2.60 bits per heavy atom. The first-order valence-corrected chi connectivity index (χ1v) is 9.41. The van der Waals surface area contributed by atoms with Crippen LogP contribution in [0.1, 0.15) is 20.3 Å². The van der Waals surface area contributed by atoms with Gasteiger partial charge >= 0.3 is 0 Å². The summed E-state index contributed by atoms with van der Waals surface area (Å²) in [6, 6.07) is 15.7. The predicted octanol–water partition coefficient (Wildman–Crippen LogP) is 5.02. The molecule has 1 fully saturated rings. The average Bonchev–Trinajstić information content (AvgIpc) is 3.20. The lowest BCUT2D eigenvalue weighted by atomic mass is 10.2. The number of nitrogens with zero attached hydrogens (tertiary/aromatic N) is 2. The highest BCUT2D eigenvalue weighted by molar-refractivity contribution is 7.22. The summed E-state index contributed by atoms with van der Waals surface area (Å²) in [5.41, 5.74) is 1.77. The van der Waals surface area contributed by atoms with Gasteiger partial charge in [0, 0.05) is 5.92 Å². The highest BCUT2D eigenvalue weighted by Crippen LogP contribution is 2.43. The molecule has 0 spiro atoms. The molecular formula is C20H20N2O2S. The number of fused-ring (bicyclic) bond motifs is 1. The maximum Gasteiger partial charge on any atom is 0.236 e. The van der Waals surface area contributed by atoms with Crippen molar-refractivity contribution < 1.29 is 9.53 Å². The molecule has 128 valence electrons. The third-order valence-electron chi connectivity index (χ3n) is 4.53. The fraction of sp³-hybridized carbons (Fsp3) is 0.300. The van der Waals surface area contributed by atoms with E-state index < -0.39 is 0 Å². The Bertz CT molecular complexity index is 870. The van der Waals surface area contributed by atoms with Crippen molar-refractivity contribution in [3.8, 4) is 5.75 Å². The van der Waals surface area contributed by atoms with Gasteiger partial charge in [0.15, 0.2) is 5.13 Å². The van der Waals surface area contributed by atoms with Crippen LogP contribution in [0.3, 0.4) is 0 Å². The van der Waals surface area contributed by atoms with Crippen molar-refractivity contribution in [2.45, 2.75) is 20.3 Å². The third-order valence-corrected chi connectivity index (χ3v) is 5.55. The molecule has 0 radical (unpaired) electrons. The summed E-state index contributed by atoms with van der Waals surface area (Å²) in [6.07, 6.45) is 0.956. The highest BCUT2D eigenvalue weighted by Gasteiger charge is 2.43. The van der Waals surface area contributed by atoms with Crippen molar-refractivity contribution in [3.63, 3.8) is 0 Å². The third kappa shape index (κ3) is 3.12. The zero-order chi connectivity index (χ0) is 17.4. The zero-order valence-corrected chi connectivity index (χ0v) is 15.1. The van der Waals surface area contributed by atoms with E-state index in [0.29, 0.717) is 12.5 Å². The molecule has 2 aromatic carbocycles. The molecule has 25 heavy (non-hydrogen) atoms. The average molecular weight is 352 g/mol. The van der Waals surface area contributed by atoms with Gasteiger partial charge in [0.25, 0.3) is 0 Å². The Morgan fingerprint density at radius 2 is 1.96 bits per heavy atom. The fourth-order valence-corrected chi connectivity index (χ4v) is 3.97. The number of anilines is 2. The van der Waals surface area contributed by atoms with Crippen LogP contribution in [0.5, 0.6) is 5.75 Å². The monoisotopic (exact) mass is 352 g/mol. The Morgan fingerprint density at radius 1 is 1.24 bits per heavy atom. The minimum Gasteiger partial charge on any atom is -0.494 e. The van der Waals surface area contributed by atoms with Crippen molar-refractivity contribution in [3.05, 3.63) is 48.5 Å². The number of amides is 1. The maximum absolute atomic E-state index is 13.1. The van der Waals surface area contributed by atoms with E-state index >= 15 is 0 Å². The summed E-state index contributed by atoms with van der Waals surface area (Å²) in [6.45, 7) is 4.70. The quantitative estimate of drug-likeness (QED) is 0.648. The van der Waals surface area contributed by atoms with Gasteiger partial charge in [-0.05, 0) is 55.7 Å². The van der Waals surface area contributed by atoms with Gasteiger partial charge in [0.05, 0.1) is 22.5 Å². The molecule has 1 aromatic heterocycles. The van der Waals surface area contributed by atoms with Crippen molar-refractivity contribution in [1.29, 1.82) is 0 Å². The van der Waals surface area contributed by atoms with Crippen molar-refractivity contribution in [1.82, 2.24) is 4.98 Å². The fourth-order valence-electron chi connectivity index (χ4n) is 2.98. The second-order valence-electron chi connectivity index (χ2n) is 6.38. The molecule has 2 atom stereocenters. The van der Waals surface area contributed by atoms with Crippen LogP contribution in [0.2, 0.25) is 0 Å². The van der Waals surface area contributed by atoms with Crippen LogP contribution in [0.15, 0.2) is 48.5 Å². The molecule has 1 amide bonds. The minimum absolute atomic E-state index is 0.0959. The van der Waals surface area contributed by atoms with Crippen LogP contribution < -0.4 is 9.64 Å². The number of thiazole rings is 1. The van der Waals surface area contributed by atoms with Gasteiger partial charge in [-0.15, -0.1) is 0 Å². The molecule has 1 aliphatic rings. The molecule has 5 heteroatoms. The number of benzene rings is 2. The number of carbonyl (C=O) groups excluding carboxylic acids is 1. The summed E-state index contributed by atoms with van der Waals surface area (Å²) in [5.74, 6) is 1.49. The maximum atomic E-state index is 13.1. The molecular weight excluding hydrogens is 332 g/mol. The van der Waals surface area contributed by atoms with Gasteiger partial charge in [0.2, 0.25) is 5.91 Å². The van der Waals surface area contributed by atoms with Crippen LogP contribution >= 0.6 is 11.3 Å². The van der Waals surface area contributed by atoms with E-state index in [9.17, 15) is 4.79 Å². The van der Waals surface area contributed by atoms with E-state index in [1.807, 2.05) is 55.5 Å². The number of hydrogen-bond donors (Lipinski definition) is 0.